The van der Waals surface area contributed by atoms with Gasteiger partial charge in [0.05, 0.1) is 37.9 Å². The van der Waals surface area contributed by atoms with Crippen molar-refractivity contribution >= 4 is 28.8 Å². The fourth-order valence-electron chi connectivity index (χ4n) is 3.76. The molecule has 0 spiro atoms. The molecule has 0 bridgehead atoms. The smallest absolute Gasteiger partial charge is 0.295 e. The Labute approximate surface area is 188 Å². The van der Waals surface area contributed by atoms with Crippen molar-refractivity contribution in [2.45, 2.75) is 12.6 Å². The number of ketones is 1. The average molecular weight is 453 g/mol. The van der Waals surface area contributed by atoms with Gasteiger partial charge in [-0.1, -0.05) is 18.2 Å². The first-order valence-electron chi connectivity index (χ1n) is 9.73. The summed E-state index contributed by atoms with van der Waals surface area (Å²) in [6.45, 7) is 0.190. The maximum Gasteiger partial charge on any atom is 0.295 e. The van der Waals surface area contributed by atoms with Crippen LogP contribution in [0.15, 0.2) is 65.6 Å². The number of likely N-dealkylation sites (tertiary alicyclic amines) is 1. The molecular weight excluding hydrogens is 433 g/mol. The van der Waals surface area contributed by atoms with E-state index in [0.29, 0.717) is 11.3 Å². The molecule has 1 N–H and O–H groups in total. The number of amides is 1. The number of aliphatic hydroxyl groups is 1. The van der Waals surface area contributed by atoms with Crippen LogP contribution in [0.1, 0.15) is 22.0 Å². The number of carbonyl (C=O) groups is 2. The molecule has 0 radical (unpaired) electrons. The van der Waals surface area contributed by atoms with Crippen LogP contribution in [0.2, 0.25) is 0 Å². The normalized spacial score (nSPS) is 17.6. The van der Waals surface area contributed by atoms with Crippen molar-refractivity contribution in [3.8, 4) is 11.5 Å². The highest BCUT2D eigenvalue weighted by atomic mass is 32.1. The van der Waals surface area contributed by atoms with Gasteiger partial charge in [0.2, 0.25) is 0 Å². The van der Waals surface area contributed by atoms with Gasteiger partial charge in [-0.25, -0.2) is 4.39 Å². The number of methoxy groups -OCH3 is 2. The topological polar surface area (TPSA) is 76.1 Å². The van der Waals surface area contributed by atoms with Crippen LogP contribution < -0.4 is 9.47 Å². The average Bonchev–Trinajstić information content (AvgIpc) is 3.41. The van der Waals surface area contributed by atoms with Crippen molar-refractivity contribution in [3.63, 3.8) is 0 Å². The maximum absolute atomic E-state index is 14.0. The van der Waals surface area contributed by atoms with E-state index >= 15 is 0 Å². The second-order valence-corrected chi connectivity index (χ2v) is 8.16. The lowest BCUT2D eigenvalue weighted by atomic mass is 9.95. The molecule has 0 saturated carbocycles. The summed E-state index contributed by atoms with van der Waals surface area (Å²) < 4.78 is 24.4. The van der Waals surface area contributed by atoms with E-state index in [0.717, 1.165) is 10.9 Å². The van der Waals surface area contributed by atoms with Gasteiger partial charge in [0.25, 0.3) is 11.7 Å². The molecule has 1 aliphatic rings. The van der Waals surface area contributed by atoms with E-state index < -0.39 is 29.3 Å². The summed E-state index contributed by atoms with van der Waals surface area (Å²) in [7, 11) is 2.91. The molecule has 0 aliphatic carbocycles. The Balaban J connectivity index is 1.90. The Morgan fingerprint density at radius 2 is 1.84 bits per heavy atom. The standard InChI is InChI=1S/C24H20FNO5S/c1-30-16-8-5-14(6-9-16)21-20(22(27)18-12-15(25)7-10-19(18)31-2)23(28)24(29)26(21)13-17-4-3-11-32-17/h3-12,21,27H,13H2,1-2H3/b22-20+. The number of ether oxygens (including phenoxy) is 2. The highest BCUT2D eigenvalue weighted by Crippen LogP contribution is 2.42. The maximum atomic E-state index is 14.0. The van der Waals surface area contributed by atoms with Crippen molar-refractivity contribution < 1.29 is 28.6 Å². The Morgan fingerprint density at radius 3 is 2.47 bits per heavy atom. The second-order valence-electron chi connectivity index (χ2n) is 7.12. The molecule has 1 saturated heterocycles. The van der Waals surface area contributed by atoms with Gasteiger partial charge in [0.1, 0.15) is 23.1 Å². The number of rotatable bonds is 6. The lowest BCUT2D eigenvalue weighted by Crippen LogP contribution is -2.28. The van der Waals surface area contributed by atoms with Crippen LogP contribution in [-0.2, 0) is 16.1 Å². The molecular formula is C24H20FNO5S. The lowest BCUT2D eigenvalue weighted by molar-refractivity contribution is -0.140. The number of thiophene rings is 1. The first-order valence-corrected chi connectivity index (χ1v) is 10.6. The molecule has 1 aromatic heterocycles. The Kier molecular flexibility index (Phi) is 5.96. The number of nitrogens with zero attached hydrogens (tertiary/aromatic N) is 1. The molecule has 2 aromatic carbocycles. The summed E-state index contributed by atoms with van der Waals surface area (Å²) in [6, 6.07) is 13.4. The fraction of sp³-hybridized carbons (Fsp3) is 0.167. The Morgan fingerprint density at radius 1 is 1.09 bits per heavy atom. The zero-order valence-corrected chi connectivity index (χ0v) is 18.2. The predicted molar refractivity (Wildman–Crippen MR) is 118 cm³/mol. The summed E-state index contributed by atoms with van der Waals surface area (Å²) >= 11 is 1.46. The molecule has 32 heavy (non-hydrogen) atoms. The third-order valence-corrected chi connectivity index (χ3v) is 6.16. The summed E-state index contributed by atoms with van der Waals surface area (Å²) in [5.74, 6) is -1.89. The zero-order valence-electron chi connectivity index (χ0n) is 17.4. The van der Waals surface area contributed by atoms with E-state index in [-0.39, 0.29) is 23.4 Å². The highest BCUT2D eigenvalue weighted by Gasteiger charge is 2.46. The van der Waals surface area contributed by atoms with E-state index in [1.807, 2.05) is 17.5 Å². The number of carbonyl (C=O) groups excluding carboxylic acids is 2. The molecule has 1 aliphatic heterocycles. The van der Waals surface area contributed by atoms with Gasteiger partial charge in [-0.05, 0) is 47.3 Å². The largest absolute Gasteiger partial charge is 0.507 e. The molecule has 1 atom stereocenters. The van der Waals surface area contributed by atoms with Gasteiger partial charge in [-0.2, -0.15) is 0 Å². The molecule has 8 heteroatoms. The monoisotopic (exact) mass is 453 g/mol. The quantitative estimate of drug-likeness (QED) is 0.337. The summed E-state index contributed by atoms with van der Waals surface area (Å²) in [5, 5.41) is 13.0. The van der Waals surface area contributed by atoms with Crippen LogP contribution in [0, 0.1) is 5.82 Å². The van der Waals surface area contributed by atoms with Gasteiger partial charge in [-0.3, -0.25) is 9.59 Å². The van der Waals surface area contributed by atoms with Crippen LogP contribution in [0.4, 0.5) is 4.39 Å². The molecule has 1 fully saturated rings. The number of hydrogen-bond acceptors (Lipinski definition) is 6. The van der Waals surface area contributed by atoms with Crippen molar-refractivity contribution in [3.05, 3.63) is 87.4 Å². The molecule has 164 valence electrons. The second kappa shape index (κ2) is 8.84. The van der Waals surface area contributed by atoms with E-state index in [1.54, 1.807) is 24.3 Å². The van der Waals surface area contributed by atoms with Gasteiger partial charge in [-0.15, -0.1) is 11.3 Å². The number of Topliss-reactive ketones (excluding diaryl/α,β-unsaturated/α-hetero) is 1. The Bertz CT molecular complexity index is 1190. The van der Waals surface area contributed by atoms with Crippen molar-refractivity contribution in [1.29, 1.82) is 0 Å². The number of hydrogen-bond donors (Lipinski definition) is 1. The Hall–Kier alpha value is -3.65. The molecule has 2 heterocycles. The summed E-state index contributed by atoms with van der Waals surface area (Å²) in [5.41, 5.74) is 0.485. The number of benzene rings is 2. The number of aliphatic hydroxyl groups excluding tert-OH is 1. The summed E-state index contributed by atoms with van der Waals surface area (Å²) in [4.78, 5) is 28.4. The van der Waals surface area contributed by atoms with Crippen LogP contribution in [-0.4, -0.2) is 35.9 Å². The van der Waals surface area contributed by atoms with E-state index in [2.05, 4.69) is 0 Å². The van der Waals surface area contributed by atoms with Crippen LogP contribution in [0.25, 0.3) is 5.76 Å². The minimum absolute atomic E-state index is 0.000125. The fourth-order valence-corrected chi connectivity index (χ4v) is 4.46. The minimum Gasteiger partial charge on any atom is -0.507 e. The number of halogens is 1. The van der Waals surface area contributed by atoms with Crippen molar-refractivity contribution in [2.75, 3.05) is 14.2 Å². The van der Waals surface area contributed by atoms with Gasteiger partial charge in [0, 0.05) is 4.88 Å². The predicted octanol–water partition coefficient (Wildman–Crippen LogP) is 4.53. The molecule has 1 amide bonds. The highest BCUT2D eigenvalue weighted by molar-refractivity contribution is 7.09. The minimum atomic E-state index is -0.865. The van der Waals surface area contributed by atoms with Gasteiger partial charge < -0.3 is 19.5 Å². The molecule has 3 aromatic rings. The van der Waals surface area contributed by atoms with Crippen molar-refractivity contribution in [2.24, 2.45) is 0 Å². The van der Waals surface area contributed by atoms with E-state index in [9.17, 15) is 19.1 Å². The van der Waals surface area contributed by atoms with Crippen LogP contribution in [0.3, 0.4) is 0 Å². The lowest BCUT2D eigenvalue weighted by Gasteiger charge is -2.25. The third-order valence-electron chi connectivity index (χ3n) is 5.29. The van der Waals surface area contributed by atoms with Gasteiger partial charge >= 0.3 is 0 Å². The third kappa shape index (κ3) is 3.85. The molecule has 1 unspecified atom stereocenters. The summed E-state index contributed by atoms with van der Waals surface area (Å²) in [6.07, 6.45) is 0. The van der Waals surface area contributed by atoms with Crippen LogP contribution >= 0.6 is 11.3 Å². The molecule has 4 rings (SSSR count). The van der Waals surface area contributed by atoms with Gasteiger partial charge in [0.15, 0.2) is 0 Å². The van der Waals surface area contributed by atoms with E-state index in [1.165, 1.54) is 42.6 Å². The SMILES string of the molecule is COc1ccc(C2/C(=C(\O)c3cc(F)ccc3OC)C(=O)C(=O)N2Cc2cccs2)cc1. The molecule has 6 nitrogen and oxygen atoms in total. The zero-order chi connectivity index (χ0) is 22.8. The first-order chi connectivity index (χ1) is 15.4. The van der Waals surface area contributed by atoms with Crippen molar-refractivity contribution in [1.82, 2.24) is 4.90 Å². The van der Waals surface area contributed by atoms with Crippen LogP contribution in [0.5, 0.6) is 11.5 Å². The van der Waals surface area contributed by atoms with E-state index in [4.69, 9.17) is 9.47 Å². The first kappa shape index (κ1) is 21.6.